The first-order valence-electron chi connectivity index (χ1n) is 9.14. The molecule has 2 aromatic rings. The average molecular weight is 388 g/mol. The number of nitrogens with zero attached hydrogens (tertiary/aromatic N) is 1. The Morgan fingerprint density at radius 1 is 1.33 bits per heavy atom. The molecule has 3 rings (SSSR count). The zero-order chi connectivity index (χ0) is 19.6. The second kappa shape index (κ2) is 7.78. The van der Waals surface area contributed by atoms with Crippen molar-refractivity contribution in [3.63, 3.8) is 0 Å². The lowest BCUT2D eigenvalue weighted by atomic mass is 9.84. The van der Waals surface area contributed by atoms with Crippen molar-refractivity contribution >= 4 is 22.9 Å². The van der Waals surface area contributed by atoms with Gasteiger partial charge in [0.2, 0.25) is 0 Å². The second-order valence-corrected chi connectivity index (χ2v) is 8.37. The number of benzene rings is 1. The Morgan fingerprint density at radius 3 is 2.63 bits per heavy atom. The van der Waals surface area contributed by atoms with Gasteiger partial charge in [-0.2, -0.15) is 0 Å². The molecule has 1 aromatic heterocycles. The summed E-state index contributed by atoms with van der Waals surface area (Å²) in [5.74, 6) is -0.283. The fourth-order valence-corrected chi connectivity index (χ4v) is 5.03. The number of hydrogen-bond acceptors (Lipinski definition) is 5. The minimum Gasteiger partial charge on any atom is -0.388 e. The van der Waals surface area contributed by atoms with Crippen molar-refractivity contribution in [2.45, 2.75) is 51.0 Å². The highest BCUT2D eigenvalue weighted by atomic mass is 32.1. The van der Waals surface area contributed by atoms with E-state index in [0.29, 0.717) is 17.7 Å². The van der Waals surface area contributed by atoms with Crippen LogP contribution >= 0.6 is 11.3 Å². The first-order valence-corrected chi connectivity index (χ1v) is 9.96. The zero-order valence-electron chi connectivity index (χ0n) is 15.5. The molecule has 1 aliphatic carbocycles. The fourth-order valence-electron chi connectivity index (χ4n) is 3.84. The summed E-state index contributed by atoms with van der Waals surface area (Å²) in [6.07, 6.45) is 3.69. The van der Waals surface area contributed by atoms with Crippen molar-refractivity contribution < 1.29 is 14.8 Å². The Hall–Kier alpha value is -2.25. The molecule has 0 saturated heterocycles. The Morgan fingerprint density at radius 2 is 2.04 bits per heavy atom. The van der Waals surface area contributed by atoms with Crippen LogP contribution in [0, 0.1) is 17.0 Å². The second-order valence-electron chi connectivity index (χ2n) is 7.25. The molecule has 27 heavy (non-hydrogen) atoms. The molecule has 1 atom stereocenters. The zero-order valence-corrected chi connectivity index (χ0v) is 16.3. The topological polar surface area (TPSA) is 92.5 Å². The first-order chi connectivity index (χ1) is 12.8. The molecule has 1 saturated carbocycles. The van der Waals surface area contributed by atoms with Gasteiger partial charge in [0.25, 0.3) is 11.6 Å². The highest BCUT2D eigenvalue weighted by molar-refractivity contribution is 7.12. The average Bonchev–Trinajstić information content (AvgIpc) is 3.30. The number of carbonyl (C=O) groups excluding carboxylic acids is 1. The summed E-state index contributed by atoms with van der Waals surface area (Å²) in [6.45, 7) is 3.85. The maximum absolute atomic E-state index is 12.7. The van der Waals surface area contributed by atoms with Crippen LogP contribution in [0.3, 0.4) is 0 Å². The van der Waals surface area contributed by atoms with Gasteiger partial charge >= 0.3 is 0 Å². The third-order valence-electron chi connectivity index (χ3n) is 5.46. The van der Waals surface area contributed by atoms with Crippen LogP contribution in [0.5, 0.6) is 0 Å². The summed E-state index contributed by atoms with van der Waals surface area (Å²) in [4.78, 5) is 25.5. The molecule has 144 valence electrons. The summed E-state index contributed by atoms with van der Waals surface area (Å²) in [6, 6.07) is 8.59. The Labute approximate surface area is 162 Å². The summed E-state index contributed by atoms with van der Waals surface area (Å²) < 4.78 is 0. The van der Waals surface area contributed by atoms with Crippen LogP contribution in [-0.4, -0.2) is 22.5 Å². The van der Waals surface area contributed by atoms with E-state index < -0.39 is 11.0 Å². The van der Waals surface area contributed by atoms with Crippen LogP contribution < -0.4 is 5.32 Å². The van der Waals surface area contributed by atoms with E-state index >= 15 is 0 Å². The Kier molecular flexibility index (Phi) is 5.62. The smallest absolute Gasteiger partial charge is 0.273 e. The van der Waals surface area contributed by atoms with Gasteiger partial charge < -0.3 is 10.4 Å². The molecule has 1 heterocycles. The maximum atomic E-state index is 12.7. The number of carbonyl (C=O) groups is 1. The molecule has 0 radical (unpaired) electrons. The van der Waals surface area contributed by atoms with Crippen LogP contribution in [0.2, 0.25) is 0 Å². The molecule has 0 bridgehead atoms. The highest BCUT2D eigenvalue weighted by Crippen LogP contribution is 2.44. The van der Waals surface area contributed by atoms with E-state index in [2.05, 4.69) is 11.4 Å². The normalized spacial score (nSPS) is 16.9. The minimum absolute atomic E-state index is 0.0435. The van der Waals surface area contributed by atoms with E-state index in [0.717, 1.165) is 30.6 Å². The van der Waals surface area contributed by atoms with E-state index in [1.54, 1.807) is 37.3 Å². The van der Waals surface area contributed by atoms with Gasteiger partial charge in [0.1, 0.15) is 0 Å². The third kappa shape index (κ3) is 3.89. The van der Waals surface area contributed by atoms with Crippen LogP contribution in [-0.2, 0) is 5.41 Å². The molecule has 1 fully saturated rings. The van der Waals surface area contributed by atoms with Gasteiger partial charge in [0.05, 0.1) is 11.0 Å². The largest absolute Gasteiger partial charge is 0.388 e. The highest BCUT2D eigenvalue weighted by Gasteiger charge is 2.37. The number of rotatable bonds is 6. The maximum Gasteiger partial charge on any atom is 0.273 e. The molecule has 6 nitrogen and oxygen atoms in total. The molecule has 0 spiro atoms. The molecule has 1 unspecified atom stereocenters. The third-order valence-corrected chi connectivity index (χ3v) is 6.96. The first kappa shape index (κ1) is 19.5. The molecular weight excluding hydrogens is 364 g/mol. The van der Waals surface area contributed by atoms with Crippen LogP contribution in [0.15, 0.2) is 30.3 Å². The van der Waals surface area contributed by atoms with E-state index in [1.807, 2.05) is 6.07 Å². The number of nitro benzene ring substituents is 1. The van der Waals surface area contributed by atoms with Crippen molar-refractivity contribution in [2.24, 2.45) is 0 Å². The predicted molar refractivity (Wildman–Crippen MR) is 105 cm³/mol. The number of nitro groups is 1. The molecular formula is C20H24N2O4S. The van der Waals surface area contributed by atoms with Gasteiger partial charge in [-0.05, 0) is 44.9 Å². The monoisotopic (exact) mass is 388 g/mol. The Bertz CT molecular complexity index is 853. The molecule has 7 heteroatoms. The van der Waals surface area contributed by atoms with Gasteiger partial charge in [-0.15, -0.1) is 11.3 Å². The lowest BCUT2D eigenvalue weighted by Gasteiger charge is -2.28. The van der Waals surface area contributed by atoms with Gasteiger partial charge in [0.15, 0.2) is 0 Å². The number of nitrogens with one attached hydrogen (secondary N) is 1. The minimum atomic E-state index is -0.496. The molecule has 2 N–H and O–H groups in total. The quantitative estimate of drug-likeness (QED) is 0.571. The van der Waals surface area contributed by atoms with Crippen molar-refractivity contribution in [3.8, 4) is 0 Å². The van der Waals surface area contributed by atoms with Crippen molar-refractivity contribution in [2.75, 3.05) is 6.54 Å². The number of hydrogen-bond donors (Lipinski definition) is 2. The van der Waals surface area contributed by atoms with Gasteiger partial charge in [-0.1, -0.05) is 18.9 Å². The number of aliphatic hydroxyl groups is 1. The number of thiophene rings is 1. The van der Waals surface area contributed by atoms with Crippen molar-refractivity contribution in [1.82, 2.24) is 5.32 Å². The number of amides is 1. The van der Waals surface area contributed by atoms with Gasteiger partial charge in [0, 0.05) is 38.9 Å². The lowest BCUT2D eigenvalue weighted by molar-refractivity contribution is -0.385. The lowest BCUT2D eigenvalue weighted by Crippen LogP contribution is -2.38. The number of aliphatic hydroxyl groups excluding tert-OH is 1. The fraction of sp³-hybridized carbons (Fsp3) is 0.450. The summed E-state index contributed by atoms with van der Waals surface area (Å²) >= 11 is 1.60. The molecule has 1 aliphatic rings. The molecule has 0 aliphatic heterocycles. The molecule has 1 amide bonds. The van der Waals surface area contributed by atoms with Crippen LogP contribution in [0.4, 0.5) is 5.69 Å². The van der Waals surface area contributed by atoms with E-state index in [4.69, 9.17) is 0 Å². The Balaban J connectivity index is 1.80. The summed E-state index contributed by atoms with van der Waals surface area (Å²) in [5.41, 5.74) is 0.557. The van der Waals surface area contributed by atoms with Crippen molar-refractivity contribution in [3.05, 3.63) is 61.3 Å². The van der Waals surface area contributed by atoms with Crippen LogP contribution in [0.1, 0.15) is 64.4 Å². The van der Waals surface area contributed by atoms with Crippen LogP contribution in [0.25, 0.3) is 0 Å². The van der Waals surface area contributed by atoms with Gasteiger partial charge in [-0.25, -0.2) is 0 Å². The predicted octanol–water partition coefficient (Wildman–Crippen LogP) is 4.26. The summed E-state index contributed by atoms with van der Waals surface area (Å²) in [5, 5.41) is 23.9. The SMILES string of the molecule is Cc1c(C(=O)NCC2(c3ccc(C(C)O)s3)CCCC2)cccc1[N+](=O)[O-]. The molecule has 1 aromatic carbocycles. The summed E-state index contributed by atoms with van der Waals surface area (Å²) in [7, 11) is 0. The van der Waals surface area contributed by atoms with E-state index in [-0.39, 0.29) is 17.0 Å². The van der Waals surface area contributed by atoms with E-state index in [1.165, 1.54) is 10.9 Å². The van der Waals surface area contributed by atoms with Crippen molar-refractivity contribution in [1.29, 1.82) is 0 Å². The van der Waals surface area contributed by atoms with E-state index in [9.17, 15) is 20.0 Å². The standard InChI is InChI=1S/C20H24N2O4S/c1-13-15(6-5-7-16(13)22(25)26)19(24)21-12-20(10-3-4-11-20)18-9-8-17(27-18)14(2)23/h5-9,14,23H,3-4,10-12H2,1-2H3,(H,21,24). The van der Waals surface area contributed by atoms with Gasteiger partial charge in [-0.3, -0.25) is 14.9 Å².